The van der Waals surface area contributed by atoms with E-state index in [1.54, 1.807) is 0 Å². The molecule has 0 bridgehead atoms. The quantitative estimate of drug-likeness (QED) is 0.777. The molecule has 1 aromatic heterocycles. The van der Waals surface area contributed by atoms with Crippen molar-refractivity contribution in [1.29, 1.82) is 0 Å². The molecule has 1 aliphatic rings. The molecule has 0 spiro atoms. The summed E-state index contributed by atoms with van der Waals surface area (Å²) in [7, 11) is 0.767. The molecule has 1 saturated carbocycles. The molecule has 0 saturated heterocycles. The lowest BCUT2D eigenvalue weighted by atomic mass is 10.3. The summed E-state index contributed by atoms with van der Waals surface area (Å²) in [6.07, 6.45) is 9.02. The zero-order chi connectivity index (χ0) is 17.8. The van der Waals surface area contributed by atoms with Gasteiger partial charge >= 0.3 is 0 Å². The summed E-state index contributed by atoms with van der Waals surface area (Å²) in [6.45, 7) is 10.7. The third-order valence-corrected chi connectivity index (χ3v) is 8.12. The van der Waals surface area contributed by atoms with Crippen molar-refractivity contribution in [3.05, 3.63) is 17.7 Å². The van der Waals surface area contributed by atoms with E-state index in [9.17, 15) is 4.79 Å². The average molecular weight is 343 g/mol. The van der Waals surface area contributed by atoms with Crippen LogP contribution in [0.1, 0.15) is 64.9 Å². The van der Waals surface area contributed by atoms with Gasteiger partial charge in [0.05, 0.1) is 6.42 Å². The Kier molecular flexibility index (Phi) is 6.90. The Hall–Kier alpha value is -0.810. The smallest absolute Gasteiger partial charge is 0.167 e. The molecule has 4 nitrogen and oxygen atoms in total. The predicted molar refractivity (Wildman–Crippen MR) is 100 cm³/mol. The van der Waals surface area contributed by atoms with Gasteiger partial charge in [0.15, 0.2) is 5.78 Å². The minimum atomic E-state index is -1.24. The SMILES string of the molecule is CC.Cn1c(C2CC2)cnc1CC(=O)COS(C)(C)C(C)(C)C. The van der Waals surface area contributed by atoms with Gasteiger partial charge in [-0.05, 0) is 25.4 Å². The molecule has 2 rings (SSSR count). The lowest BCUT2D eigenvalue weighted by molar-refractivity contribution is -0.120. The third-order valence-electron chi connectivity index (χ3n) is 4.46. The highest BCUT2D eigenvalue weighted by molar-refractivity contribution is 8.29. The molecule has 0 atom stereocenters. The number of aromatic nitrogens is 2. The minimum absolute atomic E-state index is 0.0790. The number of rotatable bonds is 6. The number of ketones is 1. The van der Waals surface area contributed by atoms with Crippen molar-refractivity contribution in [2.24, 2.45) is 7.05 Å². The Morgan fingerprint density at radius 1 is 1.35 bits per heavy atom. The van der Waals surface area contributed by atoms with E-state index in [0.29, 0.717) is 12.3 Å². The zero-order valence-corrected chi connectivity index (χ0v) is 16.9. The Morgan fingerprint density at radius 2 is 1.91 bits per heavy atom. The van der Waals surface area contributed by atoms with Crippen LogP contribution >= 0.6 is 10.3 Å². The first kappa shape index (κ1) is 20.2. The lowest BCUT2D eigenvalue weighted by Crippen LogP contribution is -2.27. The van der Waals surface area contributed by atoms with Gasteiger partial charge < -0.3 is 8.75 Å². The van der Waals surface area contributed by atoms with E-state index >= 15 is 0 Å². The predicted octanol–water partition coefficient (Wildman–Crippen LogP) is 4.23. The van der Waals surface area contributed by atoms with Crippen LogP contribution < -0.4 is 0 Å². The number of nitrogens with zero attached hydrogens (tertiary/aromatic N) is 2. The number of hydrogen-bond acceptors (Lipinski definition) is 3. The fourth-order valence-corrected chi connectivity index (χ4v) is 2.78. The molecule has 1 heterocycles. The van der Waals surface area contributed by atoms with Crippen molar-refractivity contribution >= 4 is 16.1 Å². The molecule has 23 heavy (non-hydrogen) atoms. The molecule has 1 fully saturated rings. The summed E-state index contributed by atoms with van der Waals surface area (Å²) in [5, 5.41) is 0. The van der Waals surface area contributed by atoms with Crippen LogP contribution in [0, 0.1) is 0 Å². The Labute approximate surface area is 143 Å². The van der Waals surface area contributed by atoms with Crippen LogP contribution in [0.4, 0.5) is 0 Å². The molecule has 1 aromatic rings. The molecule has 0 radical (unpaired) electrons. The summed E-state index contributed by atoms with van der Waals surface area (Å²) in [6, 6.07) is 0. The second kappa shape index (κ2) is 7.84. The van der Waals surface area contributed by atoms with E-state index in [1.165, 1.54) is 18.5 Å². The summed E-state index contributed by atoms with van der Waals surface area (Å²) >= 11 is 0. The Bertz CT molecular complexity index is 526. The standard InChI is InChI=1S/C16H28N2O2S.C2H6/c1-16(2,3)21(5,6)20-11-13(19)9-15-17-10-14(18(15)4)12-7-8-12;1-2/h10,12H,7-9,11H2,1-6H3;1-2H3. The van der Waals surface area contributed by atoms with Crippen molar-refractivity contribution in [1.82, 2.24) is 9.55 Å². The zero-order valence-electron chi connectivity index (χ0n) is 16.1. The minimum Gasteiger partial charge on any atom is -0.334 e. The molecule has 0 aliphatic heterocycles. The van der Waals surface area contributed by atoms with Gasteiger partial charge in [-0.3, -0.25) is 4.79 Å². The van der Waals surface area contributed by atoms with E-state index in [0.717, 1.165) is 5.82 Å². The van der Waals surface area contributed by atoms with Gasteiger partial charge in [0.25, 0.3) is 0 Å². The summed E-state index contributed by atoms with van der Waals surface area (Å²) in [5.41, 5.74) is 1.26. The topological polar surface area (TPSA) is 44.1 Å². The second-order valence-electron chi connectivity index (χ2n) is 7.26. The first-order valence-corrected chi connectivity index (χ1v) is 10.9. The van der Waals surface area contributed by atoms with Crippen LogP contribution in [0.15, 0.2) is 6.20 Å². The maximum Gasteiger partial charge on any atom is 0.167 e. The first-order valence-electron chi connectivity index (χ1n) is 8.51. The monoisotopic (exact) mass is 342 g/mol. The Morgan fingerprint density at radius 3 is 2.39 bits per heavy atom. The van der Waals surface area contributed by atoms with Crippen LogP contribution in [-0.2, 0) is 22.4 Å². The van der Waals surface area contributed by atoms with Gasteiger partial charge in [-0.2, -0.15) is 0 Å². The average Bonchev–Trinajstić information content (AvgIpc) is 3.24. The molecule has 0 unspecified atom stereocenters. The van der Waals surface area contributed by atoms with Gasteiger partial charge in [0, 0.05) is 29.6 Å². The molecule has 5 heteroatoms. The highest BCUT2D eigenvalue weighted by Gasteiger charge is 2.30. The van der Waals surface area contributed by atoms with E-state index in [1.807, 2.05) is 27.1 Å². The molecule has 1 aliphatic carbocycles. The second-order valence-corrected chi connectivity index (χ2v) is 11.2. The van der Waals surface area contributed by atoms with Gasteiger partial charge in [-0.1, -0.05) is 34.6 Å². The van der Waals surface area contributed by atoms with Gasteiger partial charge in [0.2, 0.25) is 0 Å². The molecular weight excluding hydrogens is 308 g/mol. The summed E-state index contributed by atoms with van der Waals surface area (Å²) in [4.78, 5) is 16.6. The normalized spacial score (nSPS) is 15.8. The molecule has 0 N–H and O–H groups in total. The summed E-state index contributed by atoms with van der Waals surface area (Å²) in [5.74, 6) is 1.62. The molecule has 134 valence electrons. The van der Waals surface area contributed by atoms with Crippen LogP contribution in [0.2, 0.25) is 0 Å². The van der Waals surface area contributed by atoms with Crippen LogP contribution in [0.5, 0.6) is 0 Å². The maximum absolute atomic E-state index is 12.2. The molecular formula is C18H34N2O2S. The highest BCUT2D eigenvalue weighted by atomic mass is 32.3. The largest absolute Gasteiger partial charge is 0.334 e. The van der Waals surface area contributed by atoms with Crippen molar-refractivity contribution in [2.45, 2.75) is 64.5 Å². The molecule has 0 aromatic carbocycles. The van der Waals surface area contributed by atoms with E-state index in [2.05, 4.69) is 42.8 Å². The van der Waals surface area contributed by atoms with Gasteiger partial charge in [-0.15, -0.1) is 10.3 Å². The van der Waals surface area contributed by atoms with Crippen molar-refractivity contribution in [3.63, 3.8) is 0 Å². The van der Waals surface area contributed by atoms with Crippen molar-refractivity contribution in [3.8, 4) is 0 Å². The fourth-order valence-electron chi connectivity index (χ4n) is 2.00. The summed E-state index contributed by atoms with van der Waals surface area (Å²) < 4.78 is 8.09. The van der Waals surface area contributed by atoms with Gasteiger partial charge in [-0.25, -0.2) is 4.98 Å². The third kappa shape index (κ3) is 5.35. The highest BCUT2D eigenvalue weighted by Crippen LogP contribution is 2.53. The van der Waals surface area contributed by atoms with E-state index < -0.39 is 10.3 Å². The first-order chi connectivity index (χ1) is 10.6. The van der Waals surface area contributed by atoms with E-state index in [-0.39, 0.29) is 17.1 Å². The fraction of sp³-hybridized carbons (Fsp3) is 0.778. The van der Waals surface area contributed by atoms with Crippen LogP contribution in [0.25, 0.3) is 0 Å². The van der Waals surface area contributed by atoms with Crippen LogP contribution in [0.3, 0.4) is 0 Å². The van der Waals surface area contributed by atoms with Gasteiger partial charge in [0.1, 0.15) is 12.4 Å². The van der Waals surface area contributed by atoms with Crippen LogP contribution in [-0.4, -0.2) is 39.2 Å². The maximum atomic E-state index is 12.2. The van der Waals surface area contributed by atoms with Crippen molar-refractivity contribution < 1.29 is 8.98 Å². The number of carbonyl (C=O) groups is 1. The Balaban J connectivity index is 0.00000127. The number of hydrogen-bond donors (Lipinski definition) is 0. The van der Waals surface area contributed by atoms with E-state index in [4.69, 9.17) is 4.18 Å². The van der Waals surface area contributed by atoms with Crippen molar-refractivity contribution in [2.75, 3.05) is 19.1 Å². The number of Topliss-reactive ketones (excluding diaryl/α,β-unsaturated/α-hetero) is 1. The molecule has 0 amide bonds. The lowest BCUT2D eigenvalue weighted by Gasteiger charge is -2.43. The number of imidazole rings is 1. The number of carbonyl (C=O) groups excluding carboxylic acids is 1.